The Hall–Kier alpha value is -4.62. The molecular weight excluding hydrogens is 442 g/mol. The summed E-state index contributed by atoms with van der Waals surface area (Å²) in [7, 11) is 0. The number of fused-ring (bicyclic) bond motifs is 4. The summed E-state index contributed by atoms with van der Waals surface area (Å²) in [5.74, 6) is -0.173. The minimum absolute atomic E-state index is 0.173. The van der Waals surface area contributed by atoms with Crippen molar-refractivity contribution in [1.29, 1.82) is 5.26 Å². The molecular formula is C32H25N3O. The molecule has 0 fully saturated rings. The average molecular weight is 468 g/mol. The second-order valence-corrected chi connectivity index (χ2v) is 9.32. The first-order valence-corrected chi connectivity index (χ1v) is 12.1. The van der Waals surface area contributed by atoms with Crippen molar-refractivity contribution in [3.05, 3.63) is 125 Å². The van der Waals surface area contributed by atoms with Crippen molar-refractivity contribution in [1.82, 2.24) is 9.47 Å². The van der Waals surface area contributed by atoms with Gasteiger partial charge in [0.25, 0.3) is 5.91 Å². The number of benzene rings is 4. The number of nitrogens with zero attached hydrogens (tertiary/aromatic N) is 3. The summed E-state index contributed by atoms with van der Waals surface area (Å²) in [6.45, 7) is 4.98. The van der Waals surface area contributed by atoms with Gasteiger partial charge in [-0.05, 0) is 60.4 Å². The highest BCUT2D eigenvalue weighted by Gasteiger charge is 2.33. The molecule has 0 N–H and O–H groups in total. The quantitative estimate of drug-likeness (QED) is 0.283. The molecule has 1 amide bonds. The van der Waals surface area contributed by atoms with Gasteiger partial charge in [-0.3, -0.25) is 9.69 Å². The van der Waals surface area contributed by atoms with Crippen molar-refractivity contribution in [2.45, 2.75) is 26.4 Å². The van der Waals surface area contributed by atoms with Crippen LogP contribution in [0.15, 0.2) is 91.1 Å². The molecule has 0 spiro atoms. The van der Waals surface area contributed by atoms with Crippen molar-refractivity contribution in [3.8, 4) is 6.07 Å². The summed E-state index contributed by atoms with van der Waals surface area (Å²) in [5.41, 5.74) is 8.27. The van der Waals surface area contributed by atoms with Gasteiger partial charge in [0.05, 0.1) is 11.6 Å². The van der Waals surface area contributed by atoms with Crippen LogP contribution in [-0.2, 0) is 6.54 Å². The summed E-state index contributed by atoms with van der Waals surface area (Å²) in [6, 6.07) is 29.8. The van der Waals surface area contributed by atoms with Crippen molar-refractivity contribution in [2.24, 2.45) is 0 Å². The monoisotopic (exact) mass is 467 g/mol. The lowest BCUT2D eigenvalue weighted by Gasteiger charge is -2.31. The van der Waals surface area contributed by atoms with E-state index in [1.54, 1.807) is 23.2 Å². The Bertz CT molecular complexity index is 1710. The molecule has 4 heteroatoms. The van der Waals surface area contributed by atoms with E-state index in [-0.39, 0.29) is 5.91 Å². The number of carbonyl (C=O) groups is 1. The first-order chi connectivity index (χ1) is 17.6. The van der Waals surface area contributed by atoms with Gasteiger partial charge in [-0.25, -0.2) is 0 Å². The average Bonchev–Trinajstić information content (AvgIpc) is 3.26. The van der Waals surface area contributed by atoms with E-state index >= 15 is 0 Å². The zero-order chi connectivity index (χ0) is 24.8. The second kappa shape index (κ2) is 8.55. The van der Waals surface area contributed by atoms with Crippen LogP contribution in [0, 0.1) is 25.2 Å². The Morgan fingerprint density at radius 2 is 1.56 bits per heavy atom. The summed E-state index contributed by atoms with van der Waals surface area (Å²) < 4.78 is 2.39. The fraction of sp³-hybridized carbons (Fsp3) is 0.125. The Morgan fingerprint density at radius 1 is 0.889 bits per heavy atom. The zero-order valence-electron chi connectivity index (χ0n) is 20.3. The Kier molecular flexibility index (Phi) is 5.20. The fourth-order valence-electron chi connectivity index (χ4n) is 5.66. The van der Waals surface area contributed by atoms with E-state index in [9.17, 15) is 10.1 Å². The topological polar surface area (TPSA) is 49.0 Å². The number of hydrogen-bond donors (Lipinski definition) is 0. The molecule has 5 aromatic rings. The van der Waals surface area contributed by atoms with Gasteiger partial charge in [-0.1, -0.05) is 66.7 Å². The Morgan fingerprint density at radius 3 is 2.28 bits per heavy atom. The molecule has 1 unspecified atom stereocenters. The van der Waals surface area contributed by atoms with Gasteiger partial charge in [-0.2, -0.15) is 5.26 Å². The van der Waals surface area contributed by atoms with Crippen LogP contribution in [0.25, 0.3) is 27.9 Å². The first-order valence-electron chi connectivity index (χ1n) is 12.1. The van der Waals surface area contributed by atoms with Crippen molar-refractivity contribution >= 4 is 33.8 Å². The zero-order valence-corrected chi connectivity index (χ0v) is 20.3. The van der Waals surface area contributed by atoms with Crippen LogP contribution in [0.4, 0.5) is 0 Å². The van der Waals surface area contributed by atoms with Crippen molar-refractivity contribution in [2.75, 3.05) is 0 Å². The third-order valence-electron chi connectivity index (χ3n) is 7.31. The molecule has 4 nitrogen and oxygen atoms in total. The summed E-state index contributed by atoms with van der Waals surface area (Å²) >= 11 is 0. The number of carbonyl (C=O) groups excluding carboxylic acids is 1. The predicted molar refractivity (Wildman–Crippen MR) is 144 cm³/mol. The molecule has 1 aliphatic rings. The lowest BCUT2D eigenvalue weighted by atomic mass is 9.86. The maximum absolute atomic E-state index is 13.4. The summed E-state index contributed by atoms with van der Waals surface area (Å²) in [6.07, 6.45) is 3.77. The van der Waals surface area contributed by atoms with E-state index in [4.69, 9.17) is 0 Å². The van der Waals surface area contributed by atoms with Crippen LogP contribution in [-0.4, -0.2) is 15.4 Å². The third-order valence-corrected chi connectivity index (χ3v) is 7.31. The van der Waals surface area contributed by atoms with Gasteiger partial charge in [-0.15, -0.1) is 0 Å². The highest BCUT2D eigenvalue weighted by Crippen LogP contribution is 2.43. The molecule has 0 radical (unpaired) electrons. The molecule has 4 aromatic carbocycles. The molecule has 0 saturated heterocycles. The molecule has 1 atom stereocenters. The van der Waals surface area contributed by atoms with E-state index in [0.29, 0.717) is 5.56 Å². The molecule has 2 heterocycles. The molecule has 1 aromatic heterocycles. The molecule has 174 valence electrons. The van der Waals surface area contributed by atoms with E-state index in [2.05, 4.69) is 73.0 Å². The minimum atomic E-state index is -0.697. The summed E-state index contributed by atoms with van der Waals surface area (Å²) in [5, 5.41) is 12.6. The van der Waals surface area contributed by atoms with Crippen molar-refractivity contribution in [3.63, 3.8) is 0 Å². The molecule has 6 rings (SSSR count). The maximum Gasteiger partial charge on any atom is 0.259 e. The van der Waals surface area contributed by atoms with Gasteiger partial charge in [0.15, 0.2) is 0 Å². The normalized spacial score (nSPS) is 14.7. The van der Waals surface area contributed by atoms with E-state index in [1.807, 2.05) is 30.3 Å². The van der Waals surface area contributed by atoms with Gasteiger partial charge >= 0.3 is 0 Å². The second-order valence-electron chi connectivity index (χ2n) is 9.32. The number of para-hydroxylation sites is 1. The van der Waals surface area contributed by atoms with Crippen LogP contribution < -0.4 is 0 Å². The maximum atomic E-state index is 13.4. The first kappa shape index (κ1) is 21.9. The predicted octanol–water partition coefficient (Wildman–Crippen LogP) is 7.15. The Balaban J connectivity index is 1.60. The van der Waals surface area contributed by atoms with Gasteiger partial charge in [0.2, 0.25) is 0 Å². The minimum Gasteiger partial charge on any atom is -0.336 e. The number of nitriles is 1. The highest BCUT2D eigenvalue weighted by atomic mass is 16.2. The van der Waals surface area contributed by atoms with E-state index in [1.165, 1.54) is 22.0 Å². The number of aryl methyl sites for hydroxylation is 2. The SMILES string of the molecule is Cc1c2c(c(C)c3c1c1ccccc1n3Cc1ccccc1)C=CN(C(=O)c1ccccc1)C2C#N. The number of hydrogen-bond acceptors (Lipinski definition) is 2. The molecule has 36 heavy (non-hydrogen) atoms. The number of amides is 1. The Labute approximate surface area is 210 Å². The molecule has 0 bridgehead atoms. The lowest BCUT2D eigenvalue weighted by Crippen LogP contribution is -2.32. The number of rotatable bonds is 3. The third kappa shape index (κ3) is 3.25. The molecule has 0 aliphatic carbocycles. The standard InChI is InChI=1S/C32H25N3O/c1-21-25-17-18-34(32(36)24-13-7-4-8-14-24)28(19-33)29(25)22(2)30-26-15-9-10-16-27(26)35(31(21)30)20-23-11-5-3-6-12-23/h3-18,28H,20H2,1-2H3. The smallest absolute Gasteiger partial charge is 0.259 e. The van der Waals surface area contributed by atoms with Gasteiger partial charge < -0.3 is 4.57 Å². The van der Waals surface area contributed by atoms with Crippen LogP contribution in [0.2, 0.25) is 0 Å². The van der Waals surface area contributed by atoms with Crippen molar-refractivity contribution < 1.29 is 4.79 Å². The van der Waals surface area contributed by atoms with Crippen LogP contribution in [0.5, 0.6) is 0 Å². The van der Waals surface area contributed by atoms with E-state index < -0.39 is 6.04 Å². The van der Waals surface area contributed by atoms with Gasteiger partial charge in [0, 0.05) is 40.2 Å². The highest BCUT2D eigenvalue weighted by molar-refractivity contribution is 6.12. The molecule has 0 saturated carbocycles. The van der Waals surface area contributed by atoms with E-state index in [0.717, 1.165) is 34.2 Å². The van der Waals surface area contributed by atoms with Gasteiger partial charge in [0.1, 0.15) is 6.04 Å². The lowest BCUT2D eigenvalue weighted by molar-refractivity contribution is 0.0794. The van der Waals surface area contributed by atoms with Crippen LogP contribution >= 0.6 is 0 Å². The fourth-order valence-corrected chi connectivity index (χ4v) is 5.66. The van der Waals surface area contributed by atoms with Crippen LogP contribution in [0.1, 0.15) is 44.2 Å². The number of aromatic nitrogens is 1. The summed E-state index contributed by atoms with van der Waals surface area (Å²) in [4.78, 5) is 14.9. The largest absolute Gasteiger partial charge is 0.336 e. The van der Waals surface area contributed by atoms with Crippen LogP contribution in [0.3, 0.4) is 0 Å². The molecule has 1 aliphatic heterocycles.